The Bertz CT molecular complexity index is 665. The Morgan fingerprint density at radius 1 is 1.17 bits per heavy atom. The van der Waals surface area contributed by atoms with E-state index >= 15 is 0 Å². The molecule has 7 heteroatoms. The molecule has 2 N–H and O–H groups in total. The molecule has 1 fully saturated rings. The third-order valence-electron chi connectivity index (χ3n) is 4.09. The summed E-state index contributed by atoms with van der Waals surface area (Å²) >= 11 is 0. The van der Waals surface area contributed by atoms with Gasteiger partial charge in [-0.15, -0.1) is 0 Å². The van der Waals surface area contributed by atoms with E-state index in [1.165, 1.54) is 0 Å². The molecule has 0 saturated carbocycles. The van der Waals surface area contributed by atoms with Gasteiger partial charge in [-0.3, -0.25) is 0 Å². The van der Waals surface area contributed by atoms with Crippen molar-refractivity contribution in [3.8, 4) is 11.5 Å². The highest BCUT2D eigenvalue weighted by Crippen LogP contribution is 2.30. The second-order valence-corrected chi connectivity index (χ2v) is 5.65. The van der Waals surface area contributed by atoms with Crippen molar-refractivity contribution in [2.75, 3.05) is 27.4 Å². The van der Waals surface area contributed by atoms with Crippen molar-refractivity contribution >= 4 is 0 Å². The summed E-state index contributed by atoms with van der Waals surface area (Å²) < 4.78 is 21.3. The monoisotopic (exact) mass is 319 g/mol. The van der Waals surface area contributed by atoms with Crippen LogP contribution < -0.4 is 15.2 Å². The van der Waals surface area contributed by atoms with E-state index in [2.05, 4.69) is 10.1 Å². The van der Waals surface area contributed by atoms with Crippen molar-refractivity contribution < 1.29 is 18.7 Å². The Kier molecular flexibility index (Phi) is 4.49. The van der Waals surface area contributed by atoms with E-state index in [1.54, 1.807) is 14.2 Å². The number of benzene rings is 1. The van der Waals surface area contributed by atoms with Gasteiger partial charge in [0.2, 0.25) is 5.89 Å². The van der Waals surface area contributed by atoms with Crippen LogP contribution in [0.25, 0.3) is 0 Å². The van der Waals surface area contributed by atoms with Gasteiger partial charge in [0, 0.05) is 19.6 Å². The van der Waals surface area contributed by atoms with Crippen molar-refractivity contribution in [1.29, 1.82) is 0 Å². The van der Waals surface area contributed by atoms with Gasteiger partial charge < -0.3 is 24.5 Å². The molecule has 1 aliphatic heterocycles. The Balaban J connectivity index is 1.76. The predicted octanol–water partition coefficient (Wildman–Crippen LogP) is 1.64. The van der Waals surface area contributed by atoms with E-state index in [9.17, 15) is 0 Å². The van der Waals surface area contributed by atoms with Crippen LogP contribution in [0.3, 0.4) is 0 Å². The van der Waals surface area contributed by atoms with Gasteiger partial charge in [0.1, 0.15) is 5.54 Å². The molecule has 1 saturated heterocycles. The largest absolute Gasteiger partial charge is 0.493 e. The molecule has 0 aliphatic carbocycles. The van der Waals surface area contributed by atoms with Crippen molar-refractivity contribution in [2.24, 2.45) is 5.73 Å². The maximum absolute atomic E-state index is 6.36. The Morgan fingerprint density at radius 2 is 1.91 bits per heavy atom. The molecule has 2 heterocycles. The van der Waals surface area contributed by atoms with Crippen LogP contribution >= 0.6 is 0 Å². The lowest BCUT2D eigenvalue weighted by molar-refractivity contribution is 0.0400. The van der Waals surface area contributed by atoms with Crippen LogP contribution in [-0.2, 0) is 16.7 Å². The highest BCUT2D eigenvalue weighted by molar-refractivity contribution is 5.43. The van der Waals surface area contributed by atoms with E-state index < -0.39 is 5.54 Å². The first-order valence-corrected chi connectivity index (χ1v) is 7.55. The molecule has 0 unspecified atom stereocenters. The minimum atomic E-state index is -0.582. The smallest absolute Gasteiger partial charge is 0.246 e. The fourth-order valence-corrected chi connectivity index (χ4v) is 2.65. The van der Waals surface area contributed by atoms with Gasteiger partial charge in [0.25, 0.3) is 0 Å². The van der Waals surface area contributed by atoms with E-state index in [0.717, 1.165) is 5.56 Å². The number of aromatic nitrogens is 2. The summed E-state index contributed by atoms with van der Waals surface area (Å²) in [4.78, 5) is 4.47. The number of nitrogens with two attached hydrogens (primary N) is 1. The van der Waals surface area contributed by atoms with Crippen LogP contribution in [0.15, 0.2) is 22.7 Å². The Hall–Kier alpha value is -2.12. The molecule has 124 valence electrons. The fraction of sp³-hybridized carbons (Fsp3) is 0.500. The van der Waals surface area contributed by atoms with E-state index in [1.807, 2.05) is 18.2 Å². The highest BCUT2D eigenvalue weighted by Gasteiger charge is 2.35. The van der Waals surface area contributed by atoms with Crippen LogP contribution in [0.2, 0.25) is 0 Å². The van der Waals surface area contributed by atoms with Crippen LogP contribution in [0.1, 0.15) is 30.1 Å². The zero-order valence-electron chi connectivity index (χ0n) is 13.4. The van der Waals surface area contributed by atoms with Gasteiger partial charge in [-0.1, -0.05) is 11.2 Å². The van der Waals surface area contributed by atoms with Crippen molar-refractivity contribution in [3.05, 3.63) is 35.5 Å². The number of hydrogen-bond acceptors (Lipinski definition) is 7. The molecule has 0 atom stereocenters. The minimum absolute atomic E-state index is 0.483. The van der Waals surface area contributed by atoms with E-state index in [0.29, 0.717) is 55.7 Å². The third-order valence-corrected chi connectivity index (χ3v) is 4.09. The number of nitrogens with zero attached hydrogens (tertiary/aromatic N) is 2. The van der Waals surface area contributed by atoms with Crippen LogP contribution in [0, 0.1) is 0 Å². The van der Waals surface area contributed by atoms with Crippen molar-refractivity contribution in [1.82, 2.24) is 10.1 Å². The molecule has 2 aromatic rings. The standard InChI is InChI=1S/C16H21N3O4/c1-20-12-4-3-11(9-13(12)21-2)10-14-18-15(23-19-14)16(17)5-7-22-8-6-16/h3-4,9H,5-8,10,17H2,1-2H3. The summed E-state index contributed by atoms with van der Waals surface area (Å²) in [6.07, 6.45) is 1.91. The average Bonchev–Trinajstić information content (AvgIpc) is 3.05. The predicted molar refractivity (Wildman–Crippen MR) is 82.6 cm³/mol. The summed E-state index contributed by atoms with van der Waals surface area (Å²) in [5.74, 6) is 2.45. The molecule has 0 amide bonds. The van der Waals surface area contributed by atoms with E-state index in [4.69, 9.17) is 24.5 Å². The molecule has 1 aromatic carbocycles. The van der Waals surface area contributed by atoms with Gasteiger partial charge >= 0.3 is 0 Å². The zero-order chi connectivity index (χ0) is 16.3. The topological polar surface area (TPSA) is 92.6 Å². The van der Waals surface area contributed by atoms with Gasteiger partial charge in [-0.25, -0.2) is 0 Å². The Labute approximate surface area is 134 Å². The lowest BCUT2D eigenvalue weighted by Crippen LogP contribution is -2.42. The second kappa shape index (κ2) is 6.55. The van der Waals surface area contributed by atoms with Gasteiger partial charge in [-0.2, -0.15) is 4.98 Å². The lowest BCUT2D eigenvalue weighted by atomic mass is 9.91. The molecule has 0 bridgehead atoms. The first kappa shape index (κ1) is 15.8. The van der Waals surface area contributed by atoms with Crippen LogP contribution in [0.5, 0.6) is 11.5 Å². The maximum Gasteiger partial charge on any atom is 0.246 e. The van der Waals surface area contributed by atoms with E-state index in [-0.39, 0.29) is 0 Å². The molecule has 3 rings (SSSR count). The minimum Gasteiger partial charge on any atom is -0.493 e. The molecule has 0 radical (unpaired) electrons. The number of methoxy groups -OCH3 is 2. The van der Waals surface area contributed by atoms with Crippen molar-refractivity contribution in [3.63, 3.8) is 0 Å². The Morgan fingerprint density at radius 3 is 2.61 bits per heavy atom. The van der Waals surface area contributed by atoms with Gasteiger partial charge in [0.05, 0.1) is 14.2 Å². The molecule has 1 aromatic heterocycles. The van der Waals surface area contributed by atoms with Gasteiger partial charge in [0.15, 0.2) is 17.3 Å². The number of rotatable bonds is 5. The zero-order valence-corrected chi connectivity index (χ0v) is 13.4. The quantitative estimate of drug-likeness (QED) is 0.895. The summed E-state index contributed by atoms with van der Waals surface area (Å²) in [5, 5.41) is 4.05. The lowest BCUT2D eigenvalue weighted by Gasteiger charge is -2.29. The second-order valence-electron chi connectivity index (χ2n) is 5.65. The first-order chi connectivity index (χ1) is 11.1. The molecule has 7 nitrogen and oxygen atoms in total. The highest BCUT2D eigenvalue weighted by atomic mass is 16.5. The number of ether oxygens (including phenoxy) is 3. The first-order valence-electron chi connectivity index (χ1n) is 7.55. The SMILES string of the molecule is COc1ccc(Cc2noc(C3(N)CCOCC3)n2)cc1OC. The number of hydrogen-bond donors (Lipinski definition) is 1. The van der Waals surface area contributed by atoms with Crippen LogP contribution in [-0.4, -0.2) is 37.6 Å². The summed E-state index contributed by atoms with van der Waals surface area (Å²) in [6.45, 7) is 1.23. The normalized spacial score (nSPS) is 17.0. The molecule has 0 spiro atoms. The summed E-state index contributed by atoms with van der Waals surface area (Å²) in [5.41, 5.74) is 6.78. The third kappa shape index (κ3) is 3.30. The molecular formula is C16H21N3O4. The van der Waals surface area contributed by atoms with Gasteiger partial charge in [-0.05, 0) is 30.5 Å². The van der Waals surface area contributed by atoms with Crippen LogP contribution in [0.4, 0.5) is 0 Å². The fourth-order valence-electron chi connectivity index (χ4n) is 2.65. The molecule has 1 aliphatic rings. The summed E-state index contributed by atoms with van der Waals surface area (Å²) in [7, 11) is 3.22. The maximum atomic E-state index is 6.36. The molecular weight excluding hydrogens is 298 g/mol. The van der Waals surface area contributed by atoms with Crippen molar-refractivity contribution in [2.45, 2.75) is 24.8 Å². The summed E-state index contributed by atoms with van der Waals surface area (Å²) in [6, 6.07) is 5.71. The average molecular weight is 319 g/mol. The molecule has 23 heavy (non-hydrogen) atoms.